The van der Waals surface area contributed by atoms with Gasteiger partial charge in [-0.05, 0) is 57.4 Å². The zero-order valence-electron chi connectivity index (χ0n) is 17.1. The number of aryl methyl sites for hydroxylation is 3. The van der Waals surface area contributed by atoms with Crippen molar-refractivity contribution in [3.05, 3.63) is 32.5 Å². The monoisotopic (exact) mass is 388 g/mol. The molecular formula is C21H32N4OS. The minimum atomic E-state index is 0.117. The van der Waals surface area contributed by atoms with E-state index in [2.05, 4.69) is 35.9 Å². The van der Waals surface area contributed by atoms with E-state index in [-0.39, 0.29) is 5.91 Å². The number of nitrogens with one attached hydrogen (secondary N) is 1. The lowest BCUT2D eigenvalue weighted by Crippen LogP contribution is -2.26. The molecule has 0 saturated carbocycles. The van der Waals surface area contributed by atoms with Crippen LogP contribution >= 0.6 is 11.3 Å². The van der Waals surface area contributed by atoms with Gasteiger partial charge in [0.15, 0.2) is 0 Å². The average Bonchev–Trinajstić information content (AvgIpc) is 3.13. The topological polar surface area (TPSA) is 59.8 Å². The molecule has 6 heteroatoms. The molecule has 1 amide bonds. The molecule has 0 bridgehead atoms. The standard InChI is InChI=1S/C21H32N4OS/c1-14(2)13-25-16(4)17(15(3)24-25)9-10-20(26)22-12-11-21-23-18-7-5-6-8-19(18)27-21/h14H,5-13H2,1-4H3,(H,22,26). The molecule has 148 valence electrons. The molecule has 0 fully saturated rings. The predicted octanol–water partition coefficient (Wildman–Crippen LogP) is 3.78. The van der Waals surface area contributed by atoms with Gasteiger partial charge in [0.2, 0.25) is 5.91 Å². The van der Waals surface area contributed by atoms with E-state index in [0.29, 0.717) is 18.9 Å². The summed E-state index contributed by atoms with van der Waals surface area (Å²) in [5.41, 5.74) is 4.77. The number of rotatable bonds is 8. The zero-order chi connectivity index (χ0) is 19.4. The Hall–Kier alpha value is -1.69. The van der Waals surface area contributed by atoms with Crippen LogP contribution in [0.3, 0.4) is 0 Å². The van der Waals surface area contributed by atoms with Gasteiger partial charge in [-0.1, -0.05) is 13.8 Å². The maximum Gasteiger partial charge on any atom is 0.220 e. The normalized spacial score (nSPS) is 13.8. The summed E-state index contributed by atoms with van der Waals surface area (Å²) >= 11 is 1.84. The van der Waals surface area contributed by atoms with Crippen LogP contribution in [-0.4, -0.2) is 27.2 Å². The van der Waals surface area contributed by atoms with Gasteiger partial charge in [-0.25, -0.2) is 4.98 Å². The SMILES string of the molecule is Cc1nn(CC(C)C)c(C)c1CCC(=O)NCCc1nc2c(s1)CCCC2. The summed E-state index contributed by atoms with van der Waals surface area (Å²) in [5.74, 6) is 0.683. The van der Waals surface area contributed by atoms with Gasteiger partial charge in [-0.2, -0.15) is 5.10 Å². The van der Waals surface area contributed by atoms with Crippen molar-refractivity contribution in [2.24, 2.45) is 5.92 Å². The number of amides is 1. The van der Waals surface area contributed by atoms with Crippen molar-refractivity contribution in [3.8, 4) is 0 Å². The van der Waals surface area contributed by atoms with Crippen LogP contribution in [0.25, 0.3) is 0 Å². The third-order valence-electron chi connectivity index (χ3n) is 5.22. The summed E-state index contributed by atoms with van der Waals surface area (Å²) < 4.78 is 2.08. The van der Waals surface area contributed by atoms with Crippen LogP contribution in [0.1, 0.15) is 65.6 Å². The van der Waals surface area contributed by atoms with Crippen molar-refractivity contribution in [2.45, 2.75) is 79.2 Å². The van der Waals surface area contributed by atoms with Gasteiger partial charge in [0.05, 0.1) is 16.4 Å². The van der Waals surface area contributed by atoms with Crippen LogP contribution in [0.15, 0.2) is 0 Å². The maximum absolute atomic E-state index is 12.3. The number of fused-ring (bicyclic) bond motifs is 1. The number of carbonyl (C=O) groups excluding carboxylic acids is 1. The van der Waals surface area contributed by atoms with Crippen LogP contribution in [0, 0.1) is 19.8 Å². The van der Waals surface area contributed by atoms with Gasteiger partial charge in [-0.3, -0.25) is 9.48 Å². The fraction of sp³-hybridized carbons (Fsp3) is 0.667. The quantitative estimate of drug-likeness (QED) is 0.748. The van der Waals surface area contributed by atoms with E-state index in [9.17, 15) is 4.79 Å². The first-order chi connectivity index (χ1) is 12.9. The Morgan fingerprint density at radius 1 is 1.22 bits per heavy atom. The van der Waals surface area contributed by atoms with Crippen LogP contribution in [-0.2, 0) is 37.0 Å². The minimum Gasteiger partial charge on any atom is -0.356 e. The van der Waals surface area contributed by atoms with Crippen LogP contribution in [0.4, 0.5) is 0 Å². The Bertz CT molecular complexity index is 767. The first-order valence-electron chi connectivity index (χ1n) is 10.2. The van der Waals surface area contributed by atoms with E-state index in [0.717, 1.165) is 31.5 Å². The number of aromatic nitrogens is 3. The number of thiazole rings is 1. The van der Waals surface area contributed by atoms with Crippen molar-refractivity contribution in [3.63, 3.8) is 0 Å². The fourth-order valence-corrected chi connectivity index (χ4v) is 4.92. The molecule has 0 aromatic carbocycles. The predicted molar refractivity (Wildman–Crippen MR) is 110 cm³/mol. The van der Waals surface area contributed by atoms with E-state index >= 15 is 0 Å². The number of hydrogen-bond donors (Lipinski definition) is 1. The highest BCUT2D eigenvalue weighted by molar-refractivity contribution is 7.11. The highest BCUT2D eigenvalue weighted by Gasteiger charge is 2.16. The Labute approximate surface area is 166 Å². The van der Waals surface area contributed by atoms with Crippen LogP contribution < -0.4 is 5.32 Å². The molecule has 0 atom stereocenters. The summed E-state index contributed by atoms with van der Waals surface area (Å²) in [7, 11) is 0. The number of carbonyl (C=O) groups is 1. The van der Waals surface area contributed by atoms with Crippen molar-refractivity contribution in [1.29, 1.82) is 0 Å². The van der Waals surface area contributed by atoms with Crippen molar-refractivity contribution in [1.82, 2.24) is 20.1 Å². The van der Waals surface area contributed by atoms with E-state index < -0.39 is 0 Å². The largest absolute Gasteiger partial charge is 0.356 e. The van der Waals surface area contributed by atoms with E-state index in [1.54, 1.807) is 0 Å². The van der Waals surface area contributed by atoms with Gasteiger partial charge >= 0.3 is 0 Å². The van der Waals surface area contributed by atoms with Gasteiger partial charge in [0.25, 0.3) is 0 Å². The molecule has 0 radical (unpaired) electrons. The highest BCUT2D eigenvalue weighted by Crippen LogP contribution is 2.26. The van der Waals surface area contributed by atoms with Gasteiger partial charge < -0.3 is 5.32 Å². The second-order valence-corrected chi connectivity index (χ2v) is 9.18. The molecule has 2 heterocycles. The summed E-state index contributed by atoms with van der Waals surface area (Å²) in [6.45, 7) is 10.2. The first-order valence-corrected chi connectivity index (χ1v) is 11.0. The molecule has 0 spiro atoms. The summed E-state index contributed by atoms with van der Waals surface area (Å²) in [4.78, 5) is 18.5. The Morgan fingerprint density at radius 3 is 2.74 bits per heavy atom. The fourth-order valence-electron chi connectivity index (χ4n) is 3.77. The first kappa shape index (κ1) is 20.1. The van der Waals surface area contributed by atoms with E-state index in [4.69, 9.17) is 4.98 Å². The summed E-state index contributed by atoms with van der Waals surface area (Å²) in [6, 6.07) is 0. The molecule has 27 heavy (non-hydrogen) atoms. The Kier molecular flexibility index (Phi) is 6.68. The zero-order valence-corrected chi connectivity index (χ0v) is 17.9. The van der Waals surface area contributed by atoms with Crippen LogP contribution in [0.2, 0.25) is 0 Å². The summed E-state index contributed by atoms with van der Waals surface area (Å²) in [6.07, 6.45) is 6.98. The highest BCUT2D eigenvalue weighted by atomic mass is 32.1. The summed E-state index contributed by atoms with van der Waals surface area (Å²) in [5, 5.41) is 8.87. The lowest BCUT2D eigenvalue weighted by Gasteiger charge is -2.08. The lowest BCUT2D eigenvalue weighted by atomic mass is 10.0. The van der Waals surface area contributed by atoms with Crippen molar-refractivity contribution < 1.29 is 4.79 Å². The second-order valence-electron chi connectivity index (χ2n) is 8.01. The van der Waals surface area contributed by atoms with Gasteiger partial charge in [0.1, 0.15) is 0 Å². The smallest absolute Gasteiger partial charge is 0.220 e. The molecule has 1 aliphatic carbocycles. The third-order valence-corrected chi connectivity index (χ3v) is 6.44. The molecule has 1 aliphatic rings. The molecule has 0 saturated heterocycles. The number of nitrogens with zero attached hydrogens (tertiary/aromatic N) is 3. The molecule has 0 aliphatic heterocycles. The molecule has 2 aromatic rings. The van der Waals surface area contributed by atoms with Crippen molar-refractivity contribution >= 4 is 17.2 Å². The minimum absolute atomic E-state index is 0.117. The Morgan fingerprint density at radius 2 is 2.00 bits per heavy atom. The average molecular weight is 389 g/mol. The van der Waals surface area contributed by atoms with Crippen molar-refractivity contribution in [2.75, 3.05) is 6.54 Å². The molecule has 2 aromatic heterocycles. The Balaban J connectivity index is 1.45. The molecule has 3 rings (SSSR count). The second kappa shape index (κ2) is 9.00. The van der Waals surface area contributed by atoms with Gasteiger partial charge in [0, 0.05) is 36.5 Å². The van der Waals surface area contributed by atoms with Gasteiger partial charge in [-0.15, -0.1) is 11.3 Å². The maximum atomic E-state index is 12.3. The van der Waals surface area contributed by atoms with Crippen LogP contribution in [0.5, 0.6) is 0 Å². The number of hydrogen-bond acceptors (Lipinski definition) is 4. The molecule has 0 unspecified atom stereocenters. The molecule has 1 N–H and O–H groups in total. The third kappa shape index (κ3) is 5.18. The lowest BCUT2D eigenvalue weighted by molar-refractivity contribution is -0.121. The van der Waals surface area contributed by atoms with E-state index in [1.807, 2.05) is 18.3 Å². The van der Waals surface area contributed by atoms with E-state index in [1.165, 1.54) is 46.1 Å². The molecular weight excluding hydrogens is 356 g/mol. The molecule has 5 nitrogen and oxygen atoms in total.